The number of rotatable bonds is 3. The van der Waals surface area contributed by atoms with Gasteiger partial charge in [0.1, 0.15) is 5.52 Å². The standard InChI is InChI=1S/C17H11F6N5/c1-24-28-15-11(20)2-7(17(21,22)23)3-13(15)26-16(28)27-14-6-25-12-5-10(19)9(18)4-8(12)14/h2-6,24-25H,1H3,(H,26,27). The van der Waals surface area contributed by atoms with E-state index in [4.69, 9.17) is 0 Å². The molecule has 0 saturated heterocycles. The summed E-state index contributed by atoms with van der Waals surface area (Å²) in [6.07, 6.45) is -3.33. The van der Waals surface area contributed by atoms with Crippen molar-refractivity contribution in [2.45, 2.75) is 6.18 Å². The Morgan fingerprint density at radius 1 is 1.00 bits per heavy atom. The zero-order valence-electron chi connectivity index (χ0n) is 14.0. The highest BCUT2D eigenvalue weighted by Crippen LogP contribution is 2.34. The van der Waals surface area contributed by atoms with Crippen molar-refractivity contribution in [3.63, 3.8) is 0 Å². The van der Waals surface area contributed by atoms with Crippen molar-refractivity contribution in [2.75, 3.05) is 17.8 Å². The molecule has 0 aliphatic heterocycles. The Kier molecular flexibility index (Phi) is 3.91. The molecule has 0 fully saturated rings. The van der Waals surface area contributed by atoms with Gasteiger partial charge >= 0.3 is 6.18 Å². The third-order valence-electron chi connectivity index (χ3n) is 4.23. The number of halogens is 6. The third kappa shape index (κ3) is 2.79. The van der Waals surface area contributed by atoms with E-state index in [0.717, 1.165) is 22.9 Å². The molecule has 3 N–H and O–H groups in total. The molecule has 28 heavy (non-hydrogen) atoms. The topological polar surface area (TPSA) is 57.7 Å². The molecule has 2 aromatic heterocycles. The fourth-order valence-electron chi connectivity index (χ4n) is 2.97. The van der Waals surface area contributed by atoms with Crippen LogP contribution in [0, 0.1) is 17.5 Å². The summed E-state index contributed by atoms with van der Waals surface area (Å²) in [5, 5.41) is 3.07. The average Bonchev–Trinajstić information content (AvgIpc) is 3.16. The van der Waals surface area contributed by atoms with E-state index < -0.39 is 29.2 Å². The molecule has 11 heteroatoms. The monoisotopic (exact) mass is 399 g/mol. The van der Waals surface area contributed by atoms with Gasteiger partial charge in [-0.15, -0.1) is 0 Å². The molecule has 2 heterocycles. The van der Waals surface area contributed by atoms with E-state index >= 15 is 0 Å². The highest BCUT2D eigenvalue weighted by Gasteiger charge is 2.32. The van der Waals surface area contributed by atoms with Crippen LogP contribution in [0.4, 0.5) is 38.0 Å². The molecule has 4 aromatic rings. The van der Waals surface area contributed by atoms with Crippen molar-refractivity contribution in [1.29, 1.82) is 0 Å². The summed E-state index contributed by atoms with van der Waals surface area (Å²) in [5.74, 6) is -3.27. The molecule has 146 valence electrons. The van der Waals surface area contributed by atoms with Crippen LogP contribution >= 0.6 is 0 Å². The maximum Gasteiger partial charge on any atom is 0.416 e. The van der Waals surface area contributed by atoms with E-state index in [0.29, 0.717) is 11.6 Å². The van der Waals surface area contributed by atoms with Crippen molar-refractivity contribution < 1.29 is 26.3 Å². The second-order valence-electron chi connectivity index (χ2n) is 5.96. The summed E-state index contributed by atoms with van der Waals surface area (Å²) >= 11 is 0. The highest BCUT2D eigenvalue weighted by atomic mass is 19.4. The molecule has 0 amide bonds. The van der Waals surface area contributed by atoms with E-state index in [-0.39, 0.29) is 28.1 Å². The molecule has 0 bridgehead atoms. The maximum atomic E-state index is 14.3. The van der Waals surface area contributed by atoms with E-state index in [9.17, 15) is 26.3 Å². The Hall–Kier alpha value is -3.37. The van der Waals surface area contributed by atoms with Crippen LogP contribution < -0.4 is 10.7 Å². The fourth-order valence-corrected chi connectivity index (χ4v) is 2.97. The number of hydrogen-bond acceptors (Lipinski definition) is 3. The Morgan fingerprint density at radius 3 is 2.39 bits per heavy atom. The number of alkyl halides is 3. The maximum absolute atomic E-state index is 14.3. The summed E-state index contributed by atoms with van der Waals surface area (Å²) in [6.45, 7) is 0. The lowest BCUT2D eigenvalue weighted by Gasteiger charge is -2.10. The molecule has 0 radical (unpaired) electrons. The Bertz CT molecular complexity index is 1210. The zero-order valence-corrected chi connectivity index (χ0v) is 14.0. The van der Waals surface area contributed by atoms with Crippen molar-refractivity contribution >= 4 is 33.6 Å². The predicted molar refractivity (Wildman–Crippen MR) is 91.5 cm³/mol. The van der Waals surface area contributed by atoms with Crippen LogP contribution in [0.1, 0.15) is 5.56 Å². The number of benzene rings is 2. The second kappa shape index (κ2) is 6.08. The van der Waals surface area contributed by atoms with E-state index in [1.165, 1.54) is 13.2 Å². The van der Waals surface area contributed by atoms with Gasteiger partial charge in [0.05, 0.1) is 22.3 Å². The minimum absolute atomic E-state index is 0.0404. The Balaban J connectivity index is 1.85. The van der Waals surface area contributed by atoms with Crippen molar-refractivity contribution in [1.82, 2.24) is 14.6 Å². The SMILES string of the molecule is CNn1c(Nc2c[nH]c3cc(F)c(F)cc23)nc2cc(C(F)(F)F)cc(F)c21. The van der Waals surface area contributed by atoms with Gasteiger partial charge in [-0.2, -0.15) is 13.2 Å². The number of hydrogen-bond donors (Lipinski definition) is 3. The van der Waals surface area contributed by atoms with Crippen LogP contribution in [0.3, 0.4) is 0 Å². The lowest BCUT2D eigenvalue weighted by atomic mass is 10.2. The normalized spacial score (nSPS) is 12.1. The molecule has 0 aliphatic rings. The largest absolute Gasteiger partial charge is 0.416 e. The van der Waals surface area contributed by atoms with Crippen LogP contribution in [-0.2, 0) is 6.18 Å². The van der Waals surface area contributed by atoms with Gasteiger partial charge in [-0.25, -0.2) is 22.8 Å². The van der Waals surface area contributed by atoms with Gasteiger partial charge in [-0.05, 0) is 18.2 Å². The summed E-state index contributed by atoms with van der Waals surface area (Å²) in [4.78, 5) is 6.75. The van der Waals surface area contributed by atoms with E-state index in [1.807, 2.05) is 0 Å². The minimum atomic E-state index is -4.73. The van der Waals surface area contributed by atoms with E-state index in [2.05, 4.69) is 20.7 Å². The molecule has 4 rings (SSSR count). The number of nitrogens with one attached hydrogen (secondary N) is 3. The highest BCUT2D eigenvalue weighted by molar-refractivity contribution is 5.94. The van der Waals surface area contributed by atoms with Crippen molar-refractivity contribution in [2.24, 2.45) is 0 Å². The van der Waals surface area contributed by atoms with Gasteiger partial charge in [0.15, 0.2) is 17.5 Å². The summed E-state index contributed by atoms with van der Waals surface area (Å²) in [6, 6.07) is 3.03. The number of aromatic amines is 1. The van der Waals surface area contributed by atoms with Gasteiger partial charge in [-0.1, -0.05) is 0 Å². The molecule has 0 spiro atoms. The summed E-state index contributed by atoms with van der Waals surface area (Å²) in [7, 11) is 1.42. The van der Waals surface area contributed by atoms with Crippen molar-refractivity contribution in [3.8, 4) is 0 Å². The Labute approximate surface area is 152 Å². The number of nitrogens with zero attached hydrogens (tertiary/aromatic N) is 2. The molecule has 5 nitrogen and oxygen atoms in total. The molecular weight excluding hydrogens is 388 g/mol. The number of anilines is 2. The smallest absolute Gasteiger partial charge is 0.359 e. The van der Waals surface area contributed by atoms with E-state index in [1.54, 1.807) is 0 Å². The third-order valence-corrected chi connectivity index (χ3v) is 4.23. The first-order valence-electron chi connectivity index (χ1n) is 7.89. The first-order chi connectivity index (χ1) is 13.2. The van der Waals surface area contributed by atoms with Crippen LogP contribution in [0.2, 0.25) is 0 Å². The molecule has 2 aromatic carbocycles. The molecule has 0 aliphatic carbocycles. The quantitative estimate of drug-likeness (QED) is 0.431. The molecule has 0 saturated carbocycles. The van der Waals surface area contributed by atoms with Gasteiger partial charge in [0.2, 0.25) is 5.95 Å². The van der Waals surface area contributed by atoms with Gasteiger partial charge < -0.3 is 15.7 Å². The Morgan fingerprint density at radius 2 is 1.71 bits per heavy atom. The summed E-state index contributed by atoms with van der Waals surface area (Å²) in [5.41, 5.74) is 1.58. The number of aromatic nitrogens is 3. The van der Waals surface area contributed by atoms with Crippen LogP contribution in [-0.4, -0.2) is 21.7 Å². The van der Waals surface area contributed by atoms with Gasteiger partial charge in [0, 0.05) is 24.7 Å². The average molecular weight is 399 g/mol. The first-order valence-corrected chi connectivity index (χ1v) is 7.89. The molecule has 0 unspecified atom stereocenters. The first kappa shape index (κ1) is 18.0. The lowest BCUT2D eigenvalue weighted by Crippen LogP contribution is -2.13. The predicted octanol–water partition coefficient (Wildman–Crippen LogP) is 4.87. The number of fused-ring (bicyclic) bond motifs is 2. The minimum Gasteiger partial charge on any atom is -0.359 e. The van der Waals surface area contributed by atoms with Crippen LogP contribution in [0.25, 0.3) is 21.9 Å². The van der Waals surface area contributed by atoms with Crippen molar-refractivity contribution in [3.05, 3.63) is 53.5 Å². The molecular formula is C17H11F6N5. The van der Waals surface area contributed by atoms with Gasteiger partial charge in [-0.3, -0.25) is 0 Å². The van der Waals surface area contributed by atoms with Crippen LogP contribution in [0.5, 0.6) is 0 Å². The van der Waals surface area contributed by atoms with Gasteiger partial charge in [0.25, 0.3) is 0 Å². The summed E-state index contributed by atoms with van der Waals surface area (Å²) < 4.78 is 81.2. The second-order valence-corrected chi connectivity index (χ2v) is 5.96. The molecule has 0 atom stereocenters. The number of imidazole rings is 1. The zero-order chi connectivity index (χ0) is 20.2. The van der Waals surface area contributed by atoms with Crippen LogP contribution in [0.15, 0.2) is 30.5 Å². The number of H-pyrrole nitrogens is 1. The fraction of sp³-hybridized carbons (Fsp3) is 0.118. The lowest BCUT2D eigenvalue weighted by molar-refractivity contribution is -0.137.